The first-order valence-corrected chi connectivity index (χ1v) is 44.9. The van der Waals surface area contributed by atoms with Gasteiger partial charge in [0.15, 0.2) is 0 Å². The Morgan fingerprint density at radius 3 is 0.931 bits per heavy atom. The second-order valence-electron chi connectivity index (χ2n) is 33.7. The third-order valence-electron chi connectivity index (χ3n) is 25.4. The standard InChI is InChI=1S/5C25H19N/c1-18-12-14-22-23-17-20(19-8-4-2-5-9-19)13-15-24(23)26(25(22)16-18)21-10-6-3-7-11-21;1-18-9-7-10-19(17-18)21-14-8-15-23-22-13-5-6-16-24(22)26(25(21)23)20-11-3-2-4-12-20;1-18-10-5-6-13-20(18)22-15-9-16-23-21-14-7-8-17-24(21)26(25(22)23)19-11-3-2-4-12-19;1-18-10-5-6-13-20(18)21-15-9-17-24-25(21)22-14-7-8-16-23(22)26(24)19-11-3-2-4-12-19;1-18-14-16-19(17-15-18)21-11-7-12-23-22-10-5-6-13-24(22)26(25(21)23)20-8-3-2-4-9-20/h5*2-17H,1H3. The summed E-state index contributed by atoms with van der Waals surface area (Å²) >= 11 is 0. The summed E-state index contributed by atoms with van der Waals surface area (Å²) < 4.78 is 11.9. The van der Waals surface area contributed by atoms with E-state index in [1.807, 2.05) is 0 Å². The van der Waals surface area contributed by atoms with E-state index in [9.17, 15) is 0 Å². The van der Waals surface area contributed by atoms with E-state index in [4.69, 9.17) is 0 Å². The highest BCUT2D eigenvalue weighted by Crippen LogP contribution is 2.45. The van der Waals surface area contributed by atoms with Crippen LogP contribution in [0.2, 0.25) is 0 Å². The summed E-state index contributed by atoms with van der Waals surface area (Å²) in [5.74, 6) is 0. The van der Waals surface area contributed by atoms with Gasteiger partial charge in [-0.1, -0.05) is 387 Å². The minimum Gasteiger partial charge on any atom is -0.309 e. The van der Waals surface area contributed by atoms with Gasteiger partial charge in [-0.25, -0.2) is 0 Å². The van der Waals surface area contributed by atoms with Gasteiger partial charge in [0, 0.05) is 99.0 Å². The monoisotopic (exact) mass is 1670 g/mol. The lowest BCUT2D eigenvalue weighted by Crippen LogP contribution is -1.95. The van der Waals surface area contributed by atoms with Gasteiger partial charge in [0.2, 0.25) is 0 Å². The third kappa shape index (κ3) is 15.1. The van der Waals surface area contributed by atoms with Crippen LogP contribution in [0.5, 0.6) is 0 Å². The van der Waals surface area contributed by atoms with Crippen LogP contribution in [0, 0.1) is 34.6 Å². The quantitative estimate of drug-likeness (QED) is 0.130. The molecule has 5 aromatic heterocycles. The highest BCUT2D eigenvalue weighted by molar-refractivity contribution is 6.19. The molecule has 25 aromatic rings. The van der Waals surface area contributed by atoms with Gasteiger partial charge < -0.3 is 22.8 Å². The molecule has 0 aliphatic heterocycles. The lowest BCUT2D eigenvalue weighted by molar-refractivity contribution is 1.18. The average molecular weight is 1670 g/mol. The fraction of sp³-hybridized carbons (Fsp3) is 0.0400. The van der Waals surface area contributed by atoms with Gasteiger partial charge in [-0.05, 0) is 199 Å². The van der Waals surface area contributed by atoms with Crippen LogP contribution in [0.3, 0.4) is 0 Å². The molecular weight excluding hydrogens is 1570 g/mol. The molecule has 20 aromatic carbocycles. The number of rotatable bonds is 10. The zero-order valence-corrected chi connectivity index (χ0v) is 73.4. The van der Waals surface area contributed by atoms with Gasteiger partial charge >= 0.3 is 0 Å². The molecule has 620 valence electrons. The summed E-state index contributed by atoms with van der Waals surface area (Å²) in [7, 11) is 0. The maximum atomic E-state index is 2.40. The van der Waals surface area contributed by atoms with Crippen molar-refractivity contribution >= 4 is 109 Å². The van der Waals surface area contributed by atoms with Crippen LogP contribution in [0.15, 0.2) is 485 Å². The van der Waals surface area contributed by atoms with E-state index >= 15 is 0 Å². The smallest absolute Gasteiger partial charge is 0.0619 e. The fourth-order valence-corrected chi connectivity index (χ4v) is 19.5. The second kappa shape index (κ2) is 35.4. The summed E-state index contributed by atoms with van der Waals surface area (Å²) in [6, 6.07) is 173. The van der Waals surface area contributed by atoms with E-state index in [-0.39, 0.29) is 0 Å². The molecule has 5 heteroatoms. The van der Waals surface area contributed by atoms with Gasteiger partial charge in [0.05, 0.1) is 55.2 Å². The van der Waals surface area contributed by atoms with E-state index in [0.29, 0.717) is 0 Å². The van der Waals surface area contributed by atoms with Gasteiger partial charge in [0.25, 0.3) is 0 Å². The van der Waals surface area contributed by atoms with Crippen molar-refractivity contribution in [1.29, 1.82) is 0 Å². The first kappa shape index (κ1) is 80.5. The zero-order valence-electron chi connectivity index (χ0n) is 73.4. The molecule has 0 amide bonds. The van der Waals surface area contributed by atoms with E-state index in [0.717, 1.165) is 0 Å². The Balaban J connectivity index is 0.0000000983. The van der Waals surface area contributed by atoms with E-state index < -0.39 is 0 Å². The lowest BCUT2D eigenvalue weighted by atomic mass is 9.96. The highest BCUT2D eigenvalue weighted by Gasteiger charge is 2.23. The highest BCUT2D eigenvalue weighted by atomic mass is 15.0. The van der Waals surface area contributed by atoms with Gasteiger partial charge in [-0.3, -0.25) is 0 Å². The molecule has 0 bridgehead atoms. The molecule has 5 nitrogen and oxygen atoms in total. The zero-order chi connectivity index (χ0) is 87.5. The van der Waals surface area contributed by atoms with Crippen LogP contribution >= 0.6 is 0 Å². The Labute approximate surface area is 758 Å². The number of fused-ring (bicyclic) bond motifs is 15. The van der Waals surface area contributed by atoms with Crippen LogP contribution in [0.1, 0.15) is 27.8 Å². The van der Waals surface area contributed by atoms with Crippen molar-refractivity contribution in [3.63, 3.8) is 0 Å². The number of nitrogens with zero attached hydrogens (tertiary/aromatic N) is 5. The van der Waals surface area contributed by atoms with Crippen molar-refractivity contribution < 1.29 is 0 Å². The summed E-state index contributed by atoms with van der Waals surface area (Å²) in [6.45, 7) is 10.8. The van der Waals surface area contributed by atoms with Gasteiger partial charge in [0.1, 0.15) is 0 Å². The summed E-state index contributed by atoms with van der Waals surface area (Å²) in [6.07, 6.45) is 0. The first-order valence-electron chi connectivity index (χ1n) is 44.9. The van der Waals surface area contributed by atoms with Crippen molar-refractivity contribution in [2.24, 2.45) is 0 Å². The Kier molecular flexibility index (Phi) is 21.9. The lowest BCUT2D eigenvalue weighted by Gasteiger charge is -2.13. The molecule has 0 radical (unpaired) electrons. The van der Waals surface area contributed by atoms with E-state index in [2.05, 4.69) is 543 Å². The molecular formula is C125H95N5. The molecule has 0 fully saturated rings. The molecule has 0 aliphatic rings. The minimum atomic E-state index is 1.19. The summed E-state index contributed by atoms with van der Waals surface area (Å²) in [4.78, 5) is 0. The van der Waals surface area contributed by atoms with Crippen molar-refractivity contribution in [2.45, 2.75) is 34.6 Å². The molecule has 0 saturated carbocycles. The Morgan fingerprint density at radius 1 is 0.138 bits per heavy atom. The maximum absolute atomic E-state index is 2.40. The summed E-state index contributed by atoms with van der Waals surface area (Å²) in [5, 5.41) is 13.0. The Morgan fingerprint density at radius 2 is 0.446 bits per heavy atom. The Bertz CT molecular complexity index is 8420. The van der Waals surface area contributed by atoms with Crippen molar-refractivity contribution in [2.75, 3.05) is 0 Å². The topological polar surface area (TPSA) is 24.6 Å². The van der Waals surface area contributed by atoms with E-state index in [1.165, 1.54) is 221 Å². The average Bonchev–Trinajstić information content (AvgIpc) is 1.93. The second-order valence-corrected chi connectivity index (χ2v) is 33.7. The van der Waals surface area contributed by atoms with Crippen molar-refractivity contribution in [3.05, 3.63) is 513 Å². The molecule has 25 rings (SSSR count). The minimum absolute atomic E-state index is 1.19. The maximum Gasteiger partial charge on any atom is 0.0619 e. The van der Waals surface area contributed by atoms with Gasteiger partial charge in [-0.2, -0.15) is 0 Å². The van der Waals surface area contributed by atoms with Crippen molar-refractivity contribution in [3.8, 4) is 84.1 Å². The van der Waals surface area contributed by atoms with Crippen LogP contribution in [0.25, 0.3) is 193 Å². The number of benzene rings is 20. The number of para-hydroxylation sites is 12. The first-order chi connectivity index (χ1) is 64.1. The van der Waals surface area contributed by atoms with E-state index in [1.54, 1.807) is 0 Å². The number of aromatic nitrogens is 5. The number of hydrogen-bond donors (Lipinski definition) is 0. The SMILES string of the molecule is Cc1ccc(-c2cccc3c4ccccc4n(-c4ccccc4)c23)cc1.Cc1ccc2c3cc(-c4ccccc4)ccc3n(-c3ccccc3)c2c1.Cc1cccc(-c2cccc3c4ccccc4n(-c4ccccc4)c23)c1.Cc1ccccc1-c1cccc2c1c1ccccc1n2-c1ccccc1.Cc1ccccc1-c1cccc2c3ccccc3n(-c3ccccc3)c12. The molecule has 0 unspecified atom stereocenters. The molecule has 0 N–H and O–H groups in total. The number of aryl methyl sites for hydroxylation is 5. The van der Waals surface area contributed by atoms with Crippen molar-refractivity contribution in [1.82, 2.24) is 22.8 Å². The normalized spacial score (nSPS) is 11.3. The predicted molar refractivity (Wildman–Crippen MR) is 555 cm³/mol. The van der Waals surface area contributed by atoms with Crippen LogP contribution in [-0.2, 0) is 0 Å². The predicted octanol–water partition coefficient (Wildman–Crippen LogP) is 33.8. The Hall–Kier alpha value is -16.6. The molecule has 0 saturated heterocycles. The van der Waals surface area contributed by atoms with Gasteiger partial charge in [-0.15, -0.1) is 0 Å². The number of hydrogen-bond acceptors (Lipinski definition) is 0. The molecule has 0 atom stereocenters. The fourth-order valence-electron chi connectivity index (χ4n) is 19.5. The molecule has 130 heavy (non-hydrogen) atoms. The van der Waals surface area contributed by atoms with Crippen LogP contribution in [0.4, 0.5) is 0 Å². The van der Waals surface area contributed by atoms with Crippen LogP contribution in [-0.4, -0.2) is 22.8 Å². The summed E-state index contributed by atoms with van der Waals surface area (Å²) in [5.41, 5.74) is 37.7. The van der Waals surface area contributed by atoms with Crippen LogP contribution < -0.4 is 0 Å². The third-order valence-corrected chi connectivity index (χ3v) is 25.4. The largest absolute Gasteiger partial charge is 0.309 e. The molecule has 5 heterocycles. The molecule has 0 aliphatic carbocycles. The molecule has 0 spiro atoms.